The fourth-order valence-corrected chi connectivity index (χ4v) is 2.20. The number of nitrogens with one attached hydrogen (secondary N) is 1. The van der Waals surface area contributed by atoms with Crippen molar-refractivity contribution in [2.24, 2.45) is 0 Å². The van der Waals surface area contributed by atoms with Crippen LogP contribution in [0, 0.1) is 6.92 Å². The summed E-state index contributed by atoms with van der Waals surface area (Å²) in [5.74, 6) is 0.887. The standard InChI is InChI=1S/C16H18ClNO/c1-12-3-8-16(15(17)11-12)18-10-9-13-4-6-14(19-2)7-5-13/h3-8,11,18H,9-10H2,1-2H3. The maximum Gasteiger partial charge on any atom is 0.118 e. The normalized spacial score (nSPS) is 10.3. The Morgan fingerprint density at radius 1 is 1.11 bits per heavy atom. The third-order valence-corrected chi connectivity index (χ3v) is 3.33. The van der Waals surface area contributed by atoms with Gasteiger partial charge in [-0.25, -0.2) is 0 Å². The van der Waals surface area contributed by atoms with Gasteiger partial charge in [0.25, 0.3) is 0 Å². The number of halogens is 1. The van der Waals surface area contributed by atoms with Gasteiger partial charge in [-0.05, 0) is 48.7 Å². The van der Waals surface area contributed by atoms with Crippen LogP contribution in [0.15, 0.2) is 42.5 Å². The highest BCUT2D eigenvalue weighted by atomic mass is 35.5. The Morgan fingerprint density at radius 3 is 2.47 bits per heavy atom. The van der Waals surface area contributed by atoms with E-state index in [2.05, 4.69) is 23.5 Å². The van der Waals surface area contributed by atoms with Crippen LogP contribution in [0.2, 0.25) is 5.02 Å². The number of methoxy groups -OCH3 is 1. The molecule has 0 amide bonds. The van der Waals surface area contributed by atoms with Crippen LogP contribution in [0.3, 0.4) is 0 Å². The molecular formula is C16H18ClNO. The molecule has 2 aromatic carbocycles. The molecule has 0 aliphatic rings. The van der Waals surface area contributed by atoms with Crippen molar-refractivity contribution in [3.05, 3.63) is 58.6 Å². The molecule has 2 aromatic rings. The lowest BCUT2D eigenvalue weighted by molar-refractivity contribution is 0.414. The fraction of sp³-hybridized carbons (Fsp3) is 0.250. The SMILES string of the molecule is COc1ccc(CCNc2ccc(C)cc2Cl)cc1. The van der Waals surface area contributed by atoms with Crippen molar-refractivity contribution in [3.63, 3.8) is 0 Å². The molecular weight excluding hydrogens is 258 g/mol. The molecule has 0 heterocycles. The molecule has 19 heavy (non-hydrogen) atoms. The minimum Gasteiger partial charge on any atom is -0.497 e. The van der Waals surface area contributed by atoms with Gasteiger partial charge < -0.3 is 10.1 Å². The number of ether oxygens (including phenoxy) is 1. The second kappa shape index (κ2) is 6.48. The summed E-state index contributed by atoms with van der Waals surface area (Å²) >= 11 is 6.17. The molecule has 0 fully saturated rings. The Bertz CT molecular complexity index is 537. The highest BCUT2D eigenvalue weighted by Gasteiger charge is 2.00. The zero-order chi connectivity index (χ0) is 13.7. The first-order valence-corrected chi connectivity index (χ1v) is 6.70. The lowest BCUT2D eigenvalue weighted by atomic mass is 10.1. The topological polar surface area (TPSA) is 21.3 Å². The zero-order valence-electron chi connectivity index (χ0n) is 11.2. The van der Waals surface area contributed by atoms with Crippen molar-refractivity contribution in [1.82, 2.24) is 0 Å². The first-order valence-electron chi connectivity index (χ1n) is 6.32. The van der Waals surface area contributed by atoms with Crippen LogP contribution in [0.5, 0.6) is 5.75 Å². The molecule has 0 aromatic heterocycles. The average molecular weight is 276 g/mol. The van der Waals surface area contributed by atoms with Crippen LogP contribution in [0.1, 0.15) is 11.1 Å². The van der Waals surface area contributed by atoms with E-state index >= 15 is 0 Å². The van der Waals surface area contributed by atoms with E-state index in [1.54, 1.807) is 7.11 Å². The summed E-state index contributed by atoms with van der Waals surface area (Å²) in [7, 11) is 1.68. The van der Waals surface area contributed by atoms with Gasteiger partial charge in [0.05, 0.1) is 17.8 Å². The molecule has 3 heteroatoms. The van der Waals surface area contributed by atoms with Crippen molar-refractivity contribution >= 4 is 17.3 Å². The molecule has 0 bridgehead atoms. The van der Waals surface area contributed by atoms with Gasteiger partial charge in [0.2, 0.25) is 0 Å². The second-order valence-corrected chi connectivity index (χ2v) is 4.92. The van der Waals surface area contributed by atoms with E-state index in [1.165, 1.54) is 11.1 Å². The van der Waals surface area contributed by atoms with Crippen LogP contribution < -0.4 is 10.1 Å². The second-order valence-electron chi connectivity index (χ2n) is 4.51. The molecule has 0 unspecified atom stereocenters. The fourth-order valence-electron chi connectivity index (χ4n) is 1.90. The predicted octanol–water partition coefficient (Wildman–Crippen LogP) is 4.31. The molecule has 2 rings (SSSR count). The molecule has 0 aliphatic heterocycles. The summed E-state index contributed by atoms with van der Waals surface area (Å²) in [6.45, 7) is 2.89. The van der Waals surface area contributed by atoms with E-state index in [0.29, 0.717) is 0 Å². The van der Waals surface area contributed by atoms with Crippen LogP contribution in [-0.2, 0) is 6.42 Å². The Balaban J connectivity index is 1.88. The van der Waals surface area contributed by atoms with Crippen molar-refractivity contribution in [2.45, 2.75) is 13.3 Å². The summed E-state index contributed by atoms with van der Waals surface area (Å²) in [4.78, 5) is 0. The Kier molecular flexibility index (Phi) is 4.69. The summed E-state index contributed by atoms with van der Waals surface area (Å²) in [5, 5.41) is 4.13. The first-order chi connectivity index (χ1) is 9.19. The van der Waals surface area contributed by atoms with Crippen LogP contribution in [0.25, 0.3) is 0 Å². The highest BCUT2D eigenvalue weighted by Crippen LogP contribution is 2.22. The summed E-state index contributed by atoms with van der Waals surface area (Å²) in [6, 6.07) is 14.2. The maximum atomic E-state index is 6.17. The minimum atomic E-state index is 0.773. The number of aryl methyl sites for hydroxylation is 1. The van der Waals surface area contributed by atoms with E-state index < -0.39 is 0 Å². The molecule has 0 aliphatic carbocycles. The molecule has 2 nitrogen and oxygen atoms in total. The van der Waals surface area contributed by atoms with Crippen molar-refractivity contribution in [3.8, 4) is 5.75 Å². The highest BCUT2D eigenvalue weighted by molar-refractivity contribution is 6.33. The van der Waals surface area contributed by atoms with E-state index in [1.807, 2.05) is 31.2 Å². The molecule has 0 spiro atoms. The molecule has 100 valence electrons. The first kappa shape index (κ1) is 13.8. The van der Waals surface area contributed by atoms with Crippen molar-refractivity contribution in [1.29, 1.82) is 0 Å². The summed E-state index contributed by atoms with van der Waals surface area (Å²) in [6.07, 6.45) is 0.953. The van der Waals surface area contributed by atoms with Gasteiger partial charge in [0.1, 0.15) is 5.75 Å². The van der Waals surface area contributed by atoms with Crippen LogP contribution in [-0.4, -0.2) is 13.7 Å². The van der Waals surface area contributed by atoms with E-state index in [0.717, 1.165) is 29.4 Å². The van der Waals surface area contributed by atoms with E-state index in [4.69, 9.17) is 16.3 Å². The Hall–Kier alpha value is -1.67. The number of benzene rings is 2. The third kappa shape index (κ3) is 3.90. The smallest absolute Gasteiger partial charge is 0.118 e. The summed E-state index contributed by atoms with van der Waals surface area (Å²) in [5.41, 5.74) is 3.43. The van der Waals surface area contributed by atoms with E-state index in [-0.39, 0.29) is 0 Å². The summed E-state index contributed by atoms with van der Waals surface area (Å²) < 4.78 is 5.14. The Morgan fingerprint density at radius 2 is 1.84 bits per heavy atom. The monoisotopic (exact) mass is 275 g/mol. The quantitative estimate of drug-likeness (QED) is 0.878. The number of rotatable bonds is 5. The van der Waals surface area contributed by atoms with Crippen molar-refractivity contribution in [2.75, 3.05) is 19.0 Å². The van der Waals surface area contributed by atoms with Crippen LogP contribution >= 0.6 is 11.6 Å². The number of hydrogen-bond acceptors (Lipinski definition) is 2. The largest absolute Gasteiger partial charge is 0.497 e. The number of anilines is 1. The zero-order valence-corrected chi connectivity index (χ0v) is 12.0. The molecule has 0 atom stereocenters. The van der Waals surface area contributed by atoms with Gasteiger partial charge in [-0.3, -0.25) is 0 Å². The number of hydrogen-bond donors (Lipinski definition) is 1. The van der Waals surface area contributed by atoms with Gasteiger partial charge in [-0.2, -0.15) is 0 Å². The van der Waals surface area contributed by atoms with Gasteiger partial charge in [0.15, 0.2) is 0 Å². The molecule has 0 saturated carbocycles. The van der Waals surface area contributed by atoms with Crippen LogP contribution in [0.4, 0.5) is 5.69 Å². The molecule has 0 saturated heterocycles. The Labute approximate surface area is 119 Å². The van der Waals surface area contributed by atoms with E-state index in [9.17, 15) is 0 Å². The van der Waals surface area contributed by atoms with Gasteiger partial charge in [-0.1, -0.05) is 29.8 Å². The maximum absolute atomic E-state index is 6.17. The lowest BCUT2D eigenvalue weighted by Crippen LogP contribution is -2.05. The average Bonchev–Trinajstić information content (AvgIpc) is 2.42. The van der Waals surface area contributed by atoms with Gasteiger partial charge in [0, 0.05) is 6.54 Å². The third-order valence-electron chi connectivity index (χ3n) is 3.01. The minimum absolute atomic E-state index is 0.773. The lowest BCUT2D eigenvalue weighted by Gasteiger charge is -2.09. The van der Waals surface area contributed by atoms with Gasteiger partial charge in [-0.15, -0.1) is 0 Å². The molecule has 1 N–H and O–H groups in total. The van der Waals surface area contributed by atoms with Crippen molar-refractivity contribution < 1.29 is 4.74 Å². The predicted molar refractivity (Wildman–Crippen MR) is 81.4 cm³/mol. The van der Waals surface area contributed by atoms with Gasteiger partial charge >= 0.3 is 0 Å². The molecule has 0 radical (unpaired) electrons.